The summed E-state index contributed by atoms with van der Waals surface area (Å²) in [6.45, 7) is 3.61. The smallest absolute Gasteiger partial charge is 0.325 e. The van der Waals surface area contributed by atoms with Gasteiger partial charge in [-0.25, -0.2) is 0 Å². The molecule has 0 aromatic heterocycles. The quantitative estimate of drug-likeness (QED) is 0.562. The largest absolute Gasteiger partial charge is 0.468 e. The zero-order chi connectivity index (χ0) is 13.6. The number of hydrogen-bond acceptors (Lipinski definition) is 4. The minimum absolute atomic E-state index is 0.0975. The summed E-state index contributed by atoms with van der Waals surface area (Å²) < 4.78 is 4.51. The molecule has 0 saturated carbocycles. The molecule has 5 nitrogen and oxygen atoms in total. The van der Waals surface area contributed by atoms with Gasteiger partial charge in [-0.3, -0.25) is 9.59 Å². The fourth-order valence-electron chi connectivity index (χ4n) is 1.70. The second-order valence-electron chi connectivity index (χ2n) is 3.89. The van der Waals surface area contributed by atoms with Crippen molar-refractivity contribution in [3.05, 3.63) is 0 Å². The average Bonchev–Trinajstić information content (AvgIpc) is 2.30. The first kappa shape index (κ1) is 15.8. The molecule has 98 valence electrons. The minimum atomic E-state index is -0.863. The van der Waals surface area contributed by atoms with Gasteiger partial charge in [-0.1, -0.05) is 26.1 Å². The van der Waals surface area contributed by atoms with Crippen molar-refractivity contribution in [2.45, 2.75) is 26.7 Å². The van der Waals surface area contributed by atoms with Crippen molar-refractivity contribution in [1.82, 2.24) is 4.90 Å². The van der Waals surface area contributed by atoms with E-state index in [1.807, 2.05) is 13.8 Å². The van der Waals surface area contributed by atoms with Crippen molar-refractivity contribution < 1.29 is 14.3 Å². The van der Waals surface area contributed by atoms with Crippen LogP contribution in [-0.4, -0.2) is 42.5 Å². The van der Waals surface area contributed by atoms with Crippen LogP contribution in [0.25, 0.3) is 0 Å². The molecule has 0 radical (unpaired) electrons. The van der Waals surface area contributed by atoms with Gasteiger partial charge in [0.15, 0.2) is 0 Å². The highest BCUT2D eigenvalue weighted by molar-refractivity contribution is 7.80. The van der Waals surface area contributed by atoms with E-state index in [1.54, 1.807) is 0 Å². The number of methoxy groups -OCH3 is 1. The Morgan fingerprint density at radius 2 is 1.82 bits per heavy atom. The van der Waals surface area contributed by atoms with Gasteiger partial charge in [0, 0.05) is 7.05 Å². The number of nitrogens with two attached hydrogens (primary N) is 1. The maximum atomic E-state index is 12.3. The van der Waals surface area contributed by atoms with Gasteiger partial charge in [0.05, 0.1) is 17.5 Å². The van der Waals surface area contributed by atoms with E-state index < -0.39 is 11.4 Å². The van der Waals surface area contributed by atoms with E-state index in [1.165, 1.54) is 19.1 Å². The van der Waals surface area contributed by atoms with Gasteiger partial charge in [0.2, 0.25) is 5.91 Å². The Kier molecular flexibility index (Phi) is 6.09. The van der Waals surface area contributed by atoms with Gasteiger partial charge in [-0.15, -0.1) is 0 Å². The molecule has 6 heteroatoms. The number of rotatable bonds is 6. The zero-order valence-corrected chi connectivity index (χ0v) is 11.6. The van der Waals surface area contributed by atoms with Crippen molar-refractivity contribution in [3.8, 4) is 0 Å². The highest BCUT2D eigenvalue weighted by Crippen LogP contribution is 2.29. The van der Waals surface area contributed by atoms with E-state index in [0.29, 0.717) is 12.8 Å². The van der Waals surface area contributed by atoms with Gasteiger partial charge in [0.25, 0.3) is 0 Å². The summed E-state index contributed by atoms with van der Waals surface area (Å²) in [6.07, 6.45) is 1.03. The summed E-state index contributed by atoms with van der Waals surface area (Å²) in [6, 6.07) is 0. The van der Waals surface area contributed by atoms with Crippen LogP contribution < -0.4 is 5.73 Å². The third kappa shape index (κ3) is 3.39. The Hall–Kier alpha value is -1.17. The van der Waals surface area contributed by atoms with Crippen molar-refractivity contribution in [3.63, 3.8) is 0 Å². The molecule has 0 fully saturated rings. The molecule has 0 aromatic rings. The van der Waals surface area contributed by atoms with Crippen LogP contribution in [-0.2, 0) is 14.3 Å². The molecule has 0 rings (SSSR count). The lowest BCUT2D eigenvalue weighted by molar-refractivity contribution is -0.148. The van der Waals surface area contributed by atoms with Gasteiger partial charge in [-0.2, -0.15) is 0 Å². The molecule has 0 aliphatic carbocycles. The molecule has 2 N–H and O–H groups in total. The van der Waals surface area contributed by atoms with Crippen LogP contribution in [0.1, 0.15) is 26.7 Å². The second kappa shape index (κ2) is 6.54. The Labute approximate surface area is 107 Å². The molecular formula is C11H20N2O3S. The lowest BCUT2D eigenvalue weighted by Crippen LogP contribution is -2.50. The van der Waals surface area contributed by atoms with Crippen LogP contribution in [0, 0.1) is 5.41 Å². The van der Waals surface area contributed by atoms with E-state index >= 15 is 0 Å². The molecule has 0 spiro atoms. The topological polar surface area (TPSA) is 72.6 Å². The Bertz CT molecular complexity index is 314. The Morgan fingerprint density at radius 3 is 2.12 bits per heavy atom. The van der Waals surface area contributed by atoms with Crippen LogP contribution in [0.2, 0.25) is 0 Å². The number of likely N-dealkylation sites (N-methyl/N-ethyl adjacent to an activating group) is 1. The molecule has 0 atom stereocenters. The molecule has 0 aliphatic heterocycles. The molecule has 1 amide bonds. The SMILES string of the molecule is CCC(CC)(C(=O)N(C)CC(=O)OC)C(N)=S. The third-order valence-electron chi connectivity index (χ3n) is 3.03. The van der Waals surface area contributed by atoms with Crippen molar-refractivity contribution in [2.24, 2.45) is 11.1 Å². The first-order valence-electron chi connectivity index (χ1n) is 5.48. The summed E-state index contributed by atoms with van der Waals surface area (Å²) >= 11 is 4.98. The molecule has 17 heavy (non-hydrogen) atoms. The van der Waals surface area contributed by atoms with E-state index in [9.17, 15) is 9.59 Å². The molecular weight excluding hydrogens is 240 g/mol. The van der Waals surface area contributed by atoms with E-state index in [4.69, 9.17) is 18.0 Å². The first-order chi connectivity index (χ1) is 7.85. The van der Waals surface area contributed by atoms with Crippen molar-refractivity contribution in [2.75, 3.05) is 20.7 Å². The Balaban J connectivity index is 4.97. The summed E-state index contributed by atoms with van der Waals surface area (Å²) in [5.74, 6) is -0.703. The van der Waals surface area contributed by atoms with Crippen LogP contribution >= 0.6 is 12.2 Å². The van der Waals surface area contributed by atoms with E-state index in [0.717, 1.165) is 0 Å². The van der Waals surface area contributed by atoms with Gasteiger partial charge >= 0.3 is 5.97 Å². The molecule has 0 heterocycles. The van der Waals surface area contributed by atoms with Crippen LogP contribution in [0.4, 0.5) is 0 Å². The number of ether oxygens (including phenoxy) is 1. The number of nitrogens with zero attached hydrogens (tertiary/aromatic N) is 1. The van der Waals surface area contributed by atoms with Crippen LogP contribution in [0.15, 0.2) is 0 Å². The fraction of sp³-hybridized carbons (Fsp3) is 0.727. The number of esters is 1. The number of amides is 1. The van der Waals surface area contributed by atoms with Crippen LogP contribution in [0.3, 0.4) is 0 Å². The average molecular weight is 260 g/mol. The summed E-state index contributed by atoms with van der Waals surface area (Å²) in [5.41, 5.74) is 4.80. The third-order valence-corrected chi connectivity index (χ3v) is 3.42. The van der Waals surface area contributed by atoms with Gasteiger partial charge < -0.3 is 15.4 Å². The fourth-order valence-corrected chi connectivity index (χ4v) is 2.08. The Morgan fingerprint density at radius 1 is 1.35 bits per heavy atom. The number of carbonyl (C=O) groups is 2. The second-order valence-corrected chi connectivity index (χ2v) is 4.33. The number of hydrogen-bond donors (Lipinski definition) is 1. The van der Waals surface area contributed by atoms with Crippen molar-refractivity contribution in [1.29, 1.82) is 0 Å². The maximum absolute atomic E-state index is 12.3. The highest BCUT2D eigenvalue weighted by Gasteiger charge is 2.40. The first-order valence-corrected chi connectivity index (χ1v) is 5.88. The monoisotopic (exact) mass is 260 g/mol. The predicted octanol–water partition coefficient (Wildman–Crippen LogP) is 0.710. The predicted molar refractivity (Wildman–Crippen MR) is 69.5 cm³/mol. The van der Waals surface area contributed by atoms with Gasteiger partial charge in [0.1, 0.15) is 6.54 Å². The number of carbonyl (C=O) groups excluding carboxylic acids is 2. The standard InChI is InChI=1S/C11H20N2O3S/c1-5-11(6-2,9(12)17)10(15)13(3)7-8(14)16-4/h5-7H2,1-4H3,(H2,12,17). The summed E-state index contributed by atoms with van der Waals surface area (Å²) in [5, 5.41) is 0. The summed E-state index contributed by atoms with van der Waals surface area (Å²) in [7, 11) is 2.82. The summed E-state index contributed by atoms with van der Waals surface area (Å²) in [4.78, 5) is 24.9. The van der Waals surface area contributed by atoms with E-state index in [2.05, 4.69) is 4.74 Å². The molecule has 0 aromatic carbocycles. The van der Waals surface area contributed by atoms with Crippen LogP contribution in [0.5, 0.6) is 0 Å². The number of thiocarbonyl (C=S) groups is 1. The lowest BCUT2D eigenvalue weighted by Gasteiger charge is -2.32. The molecule has 0 bridgehead atoms. The highest BCUT2D eigenvalue weighted by atomic mass is 32.1. The molecule has 0 saturated heterocycles. The minimum Gasteiger partial charge on any atom is -0.468 e. The van der Waals surface area contributed by atoms with E-state index in [-0.39, 0.29) is 17.4 Å². The van der Waals surface area contributed by atoms with Gasteiger partial charge in [-0.05, 0) is 12.8 Å². The molecule has 0 unspecified atom stereocenters. The zero-order valence-electron chi connectivity index (χ0n) is 10.8. The van der Waals surface area contributed by atoms with Crippen molar-refractivity contribution >= 4 is 29.1 Å². The molecule has 0 aliphatic rings. The normalized spacial score (nSPS) is 10.8. The maximum Gasteiger partial charge on any atom is 0.325 e. The lowest BCUT2D eigenvalue weighted by atomic mass is 9.81.